The van der Waals surface area contributed by atoms with Crippen molar-refractivity contribution in [3.8, 4) is 0 Å². The van der Waals surface area contributed by atoms with Crippen LogP contribution in [0.1, 0.15) is 131 Å². The molecule has 0 unspecified atom stereocenters. The molecule has 0 fully saturated rings. The molecule has 0 radical (unpaired) electrons. The van der Waals surface area contributed by atoms with Gasteiger partial charge in [0.2, 0.25) is 0 Å². The summed E-state index contributed by atoms with van der Waals surface area (Å²) in [5.74, 6) is 0. The van der Waals surface area contributed by atoms with Crippen molar-refractivity contribution in [2.24, 2.45) is 0 Å². The molecule has 0 atom stereocenters. The third-order valence-corrected chi connectivity index (χ3v) is 0.724. The van der Waals surface area contributed by atoms with E-state index in [0.29, 0.717) is 6.42 Å². The smallest absolute Gasteiger partial charge is 0.0613 e. The van der Waals surface area contributed by atoms with Gasteiger partial charge in [0.05, 0.1) is 5.60 Å². The monoisotopic (exact) mass is 585 g/mol. The van der Waals surface area contributed by atoms with Crippen LogP contribution in [-0.4, -0.2) is 112 Å². The van der Waals surface area contributed by atoms with Gasteiger partial charge in [-0.15, -0.1) is 0 Å². The number of rotatable bonds is 2. The fourth-order valence-corrected chi connectivity index (χ4v) is 0.274. The van der Waals surface area contributed by atoms with E-state index in [2.05, 4.69) is 0 Å². The molecule has 0 aromatic carbocycles. The minimum absolute atomic E-state index is 0.0590. The molecule has 252 valence electrons. The minimum atomic E-state index is -0.700. The van der Waals surface area contributed by atoms with Crippen LogP contribution in [0.2, 0.25) is 0 Å². The Morgan fingerprint density at radius 2 is 0.436 bits per heavy atom. The van der Waals surface area contributed by atoms with Gasteiger partial charge in [-0.05, 0) is 131 Å². The van der Waals surface area contributed by atoms with Gasteiger partial charge in [0.1, 0.15) is 0 Å². The van der Waals surface area contributed by atoms with E-state index in [1.54, 1.807) is 125 Å². The van der Waals surface area contributed by atoms with Crippen LogP contribution in [0.25, 0.3) is 0 Å². The number of aliphatic hydroxyl groups is 10. The Kier molecular flexibility index (Phi) is 80.6. The van der Waals surface area contributed by atoms with Crippen molar-refractivity contribution in [1.82, 2.24) is 0 Å². The Balaban J connectivity index is -0.0000000374. The zero-order valence-electron chi connectivity index (χ0n) is 29.0. The number of hydrogen-bond donors (Lipinski definition) is 10. The standard InChI is InChI=1S/C5H12O2.8C3H8O/c1-5(2,7)3-4-6;8*1-3(2)4/h6-7H,3-4H2,1-2H3;8*3-4H,1-2H3. The van der Waals surface area contributed by atoms with Crippen LogP contribution in [0, 0.1) is 0 Å². The third kappa shape index (κ3) is 3680. The van der Waals surface area contributed by atoms with Crippen molar-refractivity contribution in [3.63, 3.8) is 0 Å². The van der Waals surface area contributed by atoms with E-state index in [1.165, 1.54) is 0 Å². The molecule has 0 aliphatic carbocycles. The summed E-state index contributed by atoms with van der Waals surface area (Å²) in [6, 6.07) is 0. The SMILES string of the molecule is CC(C)(O)CCO.CC(C)O.CC(C)O.CC(C)O.CC(C)O.CC(C)O.CC(C)O.CC(C)O.CC(C)O. The Morgan fingerprint density at radius 1 is 0.359 bits per heavy atom. The van der Waals surface area contributed by atoms with E-state index in [4.69, 9.17) is 51.1 Å². The highest BCUT2D eigenvalue weighted by Gasteiger charge is 2.09. The molecule has 0 saturated heterocycles. The summed E-state index contributed by atoms with van der Waals surface area (Å²) in [5.41, 5.74) is -0.700. The molecule has 0 heterocycles. The first-order valence-corrected chi connectivity index (χ1v) is 13.7. The summed E-state index contributed by atoms with van der Waals surface area (Å²) >= 11 is 0. The van der Waals surface area contributed by atoms with Crippen LogP contribution in [0.3, 0.4) is 0 Å². The highest BCUT2D eigenvalue weighted by atomic mass is 16.3. The molecular formula is C29H76O10. The topological polar surface area (TPSA) is 202 Å². The third-order valence-electron chi connectivity index (χ3n) is 0.724. The Hall–Kier alpha value is -0.400. The second-order valence-corrected chi connectivity index (χ2v) is 11.0. The normalized spacial score (nSPS) is 9.54. The summed E-state index contributed by atoms with van der Waals surface area (Å²) in [6.45, 7) is 31.0. The van der Waals surface area contributed by atoms with Crippen molar-refractivity contribution in [1.29, 1.82) is 0 Å². The summed E-state index contributed by atoms with van der Waals surface area (Å²) < 4.78 is 0. The fraction of sp³-hybridized carbons (Fsp3) is 1.00. The first-order valence-electron chi connectivity index (χ1n) is 13.7. The van der Waals surface area contributed by atoms with Crippen LogP contribution in [-0.2, 0) is 0 Å². The molecule has 10 N–H and O–H groups in total. The van der Waals surface area contributed by atoms with Gasteiger partial charge in [0.25, 0.3) is 0 Å². The maximum absolute atomic E-state index is 8.86. The summed E-state index contributed by atoms with van der Waals surface area (Å²) in [6.07, 6.45) is -0.882. The van der Waals surface area contributed by atoms with Gasteiger partial charge in [-0.1, -0.05) is 0 Å². The quantitative estimate of drug-likeness (QED) is 0.229. The first-order chi connectivity index (χ1) is 16.9. The predicted molar refractivity (Wildman–Crippen MR) is 167 cm³/mol. The van der Waals surface area contributed by atoms with Crippen LogP contribution in [0.15, 0.2) is 0 Å². The largest absolute Gasteiger partial charge is 0.396 e. The molecule has 0 aromatic rings. The van der Waals surface area contributed by atoms with Gasteiger partial charge in [0, 0.05) is 55.4 Å². The number of aliphatic hydroxyl groups excluding tert-OH is 9. The van der Waals surface area contributed by atoms with Crippen molar-refractivity contribution in [3.05, 3.63) is 0 Å². The van der Waals surface area contributed by atoms with E-state index in [0.717, 1.165) is 0 Å². The molecule has 39 heavy (non-hydrogen) atoms. The van der Waals surface area contributed by atoms with Gasteiger partial charge >= 0.3 is 0 Å². The average Bonchev–Trinajstić information content (AvgIpc) is 2.48. The Bertz CT molecular complexity index is 232. The molecule has 0 rings (SSSR count). The molecule has 10 heteroatoms. The molecule has 0 spiro atoms. The number of hydrogen-bond acceptors (Lipinski definition) is 10. The molecule has 0 bridgehead atoms. The Morgan fingerprint density at radius 3 is 0.436 bits per heavy atom. The van der Waals surface area contributed by atoms with Crippen molar-refractivity contribution < 1.29 is 51.1 Å². The predicted octanol–water partition coefficient (Wildman–Crippen LogP) is 3.24. The average molecular weight is 585 g/mol. The van der Waals surface area contributed by atoms with Crippen molar-refractivity contribution in [2.45, 2.75) is 185 Å². The molecule has 0 aliphatic heterocycles. The second kappa shape index (κ2) is 50.4. The van der Waals surface area contributed by atoms with Gasteiger partial charge < -0.3 is 51.1 Å². The summed E-state index contributed by atoms with van der Waals surface area (Å²) in [7, 11) is 0. The zero-order chi connectivity index (χ0) is 34.5. The first kappa shape index (κ1) is 62.3. The van der Waals surface area contributed by atoms with E-state index >= 15 is 0 Å². The van der Waals surface area contributed by atoms with Gasteiger partial charge in [-0.25, -0.2) is 0 Å². The summed E-state index contributed by atoms with van der Waals surface area (Å²) in [5, 5.41) is 81.5. The maximum atomic E-state index is 8.86. The van der Waals surface area contributed by atoms with Crippen LogP contribution in [0.4, 0.5) is 0 Å². The highest BCUT2D eigenvalue weighted by molar-refractivity contribution is 4.62. The van der Waals surface area contributed by atoms with E-state index < -0.39 is 5.60 Å². The van der Waals surface area contributed by atoms with Gasteiger partial charge in [0.15, 0.2) is 0 Å². The lowest BCUT2D eigenvalue weighted by Gasteiger charge is -2.13. The lowest BCUT2D eigenvalue weighted by atomic mass is 10.1. The van der Waals surface area contributed by atoms with Crippen molar-refractivity contribution in [2.75, 3.05) is 6.61 Å². The maximum Gasteiger partial charge on any atom is 0.0613 e. The lowest BCUT2D eigenvalue weighted by molar-refractivity contribution is 0.0515. The second-order valence-electron chi connectivity index (χ2n) is 11.0. The van der Waals surface area contributed by atoms with Crippen LogP contribution >= 0.6 is 0 Å². The van der Waals surface area contributed by atoms with Gasteiger partial charge in [-0.2, -0.15) is 0 Å². The molecular weight excluding hydrogens is 508 g/mol. The highest BCUT2D eigenvalue weighted by Crippen LogP contribution is 2.04. The van der Waals surface area contributed by atoms with Crippen molar-refractivity contribution >= 4 is 0 Å². The van der Waals surface area contributed by atoms with Crippen LogP contribution < -0.4 is 0 Å². The molecule has 0 aliphatic rings. The Labute approximate surface area is 243 Å². The molecule has 10 nitrogen and oxygen atoms in total. The lowest BCUT2D eigenvalue weighted by Crippen LogP contribution is -2.19. The van der Waals surface area contributed by atoms with Gasteiger partial charge in [-0.3, -0.25) is 0 Å². The zero-order valence-corrected chi connectivity index (χ0v) is 29.0. The molecule has 0 amide bonds. The van der Waals surface area contributed by atoms with E-state index in [-0.39, 0.29) is 55.4 Å². The minimum Gasteiger partial charge on any atom is -0.396 e. The fourth-order valence-electron chi connectivity index (χ4n) is 0.274. The molecule has 0 aromatic heterocycles. The van der Waals surface area contributed by atoms with E-state index in [1.807, 2.05) is 0 Å². The van der Waals surface area contributed by atoms with E-state index in [9.17, 15) is 0 Å². The summed E-state index contributed by atoms with van der Waals surface area (Å²) in [4.78, 5) is 0. The molecule has 0 saturated carbocycles. The van der Waals surface area contributed by atoms with Crippen LogP contribution in [0.5, 0.6) is 0 Å².